The Bertz CT molecular complexity index is 238. The fourth-order valence-corrected chi connectivity index (χ4v) is 2.99. The molecule has 0 aromatic rings. The van der Waals surface area contributed by atoms with Crippen LogP contribution in [0.15, 0.2) is 0 Å². The molecule has 0 saturated carbocycles. The predicted molar refractivity (Wildman–Crippen MR) is 96.1 cm³/mol. The molecule has 0 aromatic carbocycles. The Labute approximate surface area is 139 Å². The summed E-state index contributed by atoms with van der Waals surface area (Å²) in [5.74, 6) is 0.783. The van der Waals surface area contributed by atoms with E-state index in [0.717, 1.165) is 18.8 Å². The highest BCUT2D eigenvalue weighted by Gasteiger charge is 2.03. The first-order chi connectivity index (χ1) is 10.7. The van der Waals surface area contributed by atoms with Crippen molar-refractivity contribution in [2.24, 2.45) is 5.92 Å². The molecule has 132 valence electrons. The minimum Gasteiger partial charge on any atom is -0.469 e. The predicted octanol–water partition coefficient (Wildman–Crippen LogP) is 6.67. The fraction of sp³-hybridized carbons (Fsp3) is 0.950. The van der Waals surface area contributed by atoms with Crippen LogP contribution in [0.1, 0.15) is 110 Å². The van der Waals surface area contributed by atoms with Crippen molar-refractivity contribution in [2.45, 2.75) is 110 Å². The third-order valence-electron chi connectivity index (χ3n) is 4.61. The quantitative estimate of drug-likeness (QED) is 0.235. The maximum atomic E-state index is 11.0. The highest BCUT2D eigenvalue weighted by Crippen LogP contribution is 2.18. The van der Waals surface area contributed by atoms with Gasteiger partial charge in [0.15, 0.2) is 0 Å². The number of hydrogen-bond acceptors (Lipinski definition) is 2. The second-order valence-electron chi connectivity index (χ2n) is 6.90. The van der Waals surface area contributed by atoms with Crippen molar-refractivity contribution in [1.82, 2.24) is 0 Å². The molecular formula is C20H40O2. The third-order valence-corrected chi connectivity index (χ3v) is 4.61. The minimum atomic E-state index is -0.0669. The molecule has 0 aliphatic rings. The molecule has 0 N–H and O–H groups in total. The van der Waals surface area contributed by atoms with Gasteiger partial charge in [-0.05, 0) is 12.3 Å². The van der Waals surface area contributed by atoms with Crippen molar-refractivity contribution in [3.8, 4) is 0 Å². The molecule has 0 aromatic heterocycles. The number of rotatable bonds is 16. The van der Waals surface area contributed by atoms with Gasteiger partial charge in [-0.2, -0.15) is 0 Å². The van der Waals surface area contributed by atoms with Crippen molar-refractivity contribution < 1.29 is 9.53 Å². The summed E-state index contributed by atoms with van der Waals surface area (Å²) in [6.07, 6.45) is 19.5. The number of carbonyl (C=O) groups is 1. The lowest BCUT2D eigenvalue weighted by Gasteiger charge is -2.11. The maximum absolute atomic E-state index is 11.0. The summed E-state index contributed by atoms with van der Waals surface area (Å²) in [5, 5.41) is 0. The number of unbranched alkanes of at least 4 members (excludes halogenated alkanes) is 10. The average molecular weight is 313 g/mol. The average Bonchev–Trinajstić information content (AvgIpc) is 2.52. The van der Waals surface area contributed by atoms with Crippen LogP contribution in [-0.2, 0) is 9.53 Å². The van der Waals surface area contributed by atoms with Crippen molar-refractivity contribution in [3.05, 3.63) is 0 Å². The first kappa shape index (κ1) is 21.5. The number of esters is 1. The first-order valence-corrected chi connectivity index (χ1v) is 9.77. The van der Waals surface area contributed by atoms with E-state index in [9.17, 15) is 4.79 Å². The molecule has 0 radical (unpaired) electrons. The molecule has 0 amide bonds. The summed E-state index contributed by atoms with van der Waals surface area (Å²) in [6.45, 7) is 4.66. The SMILES string of the molecule is CCCCCCCCCCC[C@H](C)CCCCCC(=O)OC. The van der Waals surface area contributed by atoms with Gasteiger partial charge in [0.1, 0.15) is 0 Å². The van der Waals surface area contributed by atoms with E-state index < -0.39 is 0 Å². The zero-order chi connectivity index (χ0) is 16.5. The number of hydrogen-bond donors (Lipinski definition) is 0. The Kier molecular flexibility index (Phi) is 16.4. The van der Waals surface area contributed by atoms with Gasteiger partial charge in [0.2, 0.25) is 0 Å². The molecule has 0 aliphatic carbocycles. The summed E-state index contributed by atoms with van der Waals surface area (Å²) >= 11 is 0. The van der Waals surface area contributed by atoms with E-state index in [1.54, 1.807) is 0 Å². The lowest BCUT2D eigenvalue weighted by atomic mass is 9.96. The normalized spacial score (nSPS) is 12.3. The van der Waals surface area contributed by atoms with Gasteiger partial charge in [0, 0.05) is 6.42 Å². The fourth-order valence-electron chi connectivity index (χ4n) is 2.99. The highest BCUT2D eigenvalue weighted by atomic mass is 16.5. The highest BCUT2D eigenvalue weighted by molar-refractivity contribution is 5.68. The number of ether oxygens (including phenoxy) is 1. The van der Waals surface area contributed by atoms with E-state index in [0.29, 0.717) is 6.42 Å². The second-order valence-corrected chi connectivity index (χ2v) is 6.90. The smallest absolute Gasteiger partial charge is 0.305 e. The molecule has 0 saturated heterocycles. The molecule has 0 heterocycles. The van der Waals surface area contributed by atoms with Crippen LogP contribution in [0.5, 0.6) is 0 Å². The summed E-state index contributed by atoms with van der Waals surface area (Å²) < 4.78 is 4.65. The van der Waals surface area contributed by atoms with Crippen LogP contribution in [0.2, 0.25) is 0 Å². The van der Waals surface area contributed by atoms with Gasteiger partial charge in [-0.15, -0.1) is 0 Å². The summed E-state index contributed by atoms with van der Waals surface area (Å²) in [5.41, 5.74) is 0. The van der Waals surface area contributed by atoms with Gasteiger partial charge < -0.3 is 4.74 Å². The molecule has 1 atom stereocenters. The van der Waals surface area contributed by atoms with Crippen LogP contribution in [0.4, 0.5) is 0 Å². The molecule has 0 bridgehead atoms. The topological polar surface area (TPSA) is 26.3 Å². The van der Waals surface area contributed by atoms with Crippen molar-refractivity contribution >= 4 is 5.97 Å². The Balaban J connectivity index is 3.19. The molecule has 22 heavy (non-hydrogen) atoms. The molecular weight excluding hydrogens is 272 g/mol. The van der Waals surface area contributed by atoms with Crippen LogP contribution in [0.25, 0.3) is 0 Å². The zero-order valence-corrected chi connectivity index (χ0v) is 15.5. The van der Waals surface area contributed by atoms with Gasteiger partial charge in [-0.3, -0.25) is 4.79 Å². The summed E-state index contributed by atoms with van der Waals surface area (Å²) in [4.78, 5) is 11.0. The van der Waals surface area contributed by atoms with Gasteiger partial charge in [-0.25, -0.2) is 0 Å². The van der Waals surface area contributed by atoms with Gasteiger partial charge in [0.05, 0.1) is 7.11 Å². The summed E-state index contributed by atoms with van der Waals surface area (Å²) in [7, 11) is 1.47. The van der Waals surface area contributed by atoms with Gasteiger partial charge in [-0.1, -0.05) is 97.3 Å². The molecule has 2 heteroatoms. The van der Waals surface area contributed by atoms with Crippen LogP contribution in [0, 0.1) is 5.92 Å². The Hall–Kier alpha value is -0.530. The molecule has 0 spiro atoms. The molecule has 0 rings (SSSR count). The van der Waals surface area contributed by atoms with Crippen molar-refractivity contribution in [2.75, 3.05) is 7.11 Å². The first-order valence-electron chi connectivity index (χ1n) is 9.77. The van der Waals surface area contributed by atoms with E-state index in [-0.39, 0.29) is 5.97 Å². The summed E-state index contributed by atoms with van der Waals surface area (Å²) in [6, 6.07) is 0. The van der Waals surface area contributed by atoms with E-state index in [1.165, 1.54) is 84.2 Å². The van der Waals surface area contributed by atoms with E-state index in [2.05, 4.69) is 18.6 Å². The van der Waals surface area contributed by atoms with Crippen LogP contribution < -0.4 is 0 Å². The zero-order valence-electron chi connectivity index (χ0n) is 15.5. The minimum absolute atomic E-state index is 0.0669. The van der Waals surface area contributed by atoms with Gasteiger partial charge in [0.25, 0.3) is 0 Å². The number of carbonyl (C=O) groups excluding carboxylic acids is 1. The Morgan fingerprint density at radius 2 is 1.23 bits per heavy atom. The molecule has 0 unspecified atom stereocenters. The standard InChI is InChI=1S/C20H40O2/c1-4-5-6-7-8-9-10-11-13-16-19(2)17-14-12-15-18-20(21)22-3/h19H,4-18H2,1-3H3/t19-/m0/s1. The maximum Gasteiger partial charge on any atom is 0.305 e. The van der Waals surface area contributed by atoms with Crippen LogP contribution in [-0.4, -0.2) is 13.1 Å². The molecule has 2 nitrogen and oxygen atoms in total. The van der Waals surface area contributed by atoms with Crippen LogP contribution in [0.3, 0.4) is 0 Å². The second kappa shape index (κ2) is 16.8. The lowest BCUT2D eigenvalue weighted by molar-refractivity contribution is -0.140. The largest absolute Gasteiger partial charge is 0.469 e. The molecule has 0 aliphatic heterocycles. The Morgan fingerprint density at radius 3 is 1.73 bits per heavy atom. The molecule has 0 fully saturated rings. The van der Waals surface area contributed by atoms with E-state index in [1.807, 2.05) is 0 Å². The number of methoxy groups -OCH3 is 1. The van der Waals surface area contributed by atoms with E-state index >= 15 is 0 Å². The van der Waals surface area contributed by atoms with Crippen LogP contribution >= 0.6 is 0 Å². The van der Waals surface area contributed by atoms with Crippen molar-refractivity contribution in [3.63, 3.8) is 0 Å². The monoisotopic (exact) mass is 312 g/mol. The van der Waals surface area contributed by atoms with Gasteiger partial charge >= 0.3 is 5.97 Å². The third kappa shape index (κ3) is 15.9. The van der Waals surface area contributed by atoms with Crippen molar-refractivity contribution in [1.29, 1.82) is 0 Å². The Morgan fingerprint density at radius 1 is 0.773 bits per heavy atom. The lowest BCUT2D eigenvalue weighted by Crippen LogP contribution is -2.00. The van der Waals surface area contributed by atoms with E-state index in [4.69, 9.17) is 0 Å².